The molecule has 0 aliphatic carbocycles. The highest BCUT2D eigenvalue weighted by atomic mass is 16.5. The Hall–Kier alpha value is -1.36. The van der Waals surface area contributed by atoms with E-state index in [0.29, 0.717) is 17.7 Å². The number of ether oxygens (including phenoxy) is 1. The molecule has 1 atom stereocenters. The topological polar surface area (TPSA) is 50.3 Å². The average molecular weight is 224 g/mol. The second-order valence-electron chi connectivity index (χ2n) is 4.15. The summed E-state index contributed by atoms with van der Waals surface area (Å²) in [7, 11) is 5.70. The number of hydrogen-bond acceptors (Lipinski definition) is 5. The Labute approximate surface area is 96.8 Å². The highest BCUT2D eigenvalue weighted by molar-refractivity contribution is 5.39. The quantitative estimate of drug-likeness (QED) is 0.813. The zero-order valence-corrected chi connectivity index (χ0v) is 10.6. The van der Waals surface area contributed by atoms with E-state index >= 15 is 0 Å². The van der Waals surface area contributed by atoms with Crippen LogP contribution in [0.3, 0.4) is 0 Å². The summed E-state index contributed by atoms with van der Waals surface area (Å²) in [4.78, 5) is 10.6. The van der Waals surface area contributed by atoms with Gasteiger partial charge in [-0.25, -0.2) is 4.98 Å². The number of nitrogens with one attached hydrogen (secondary N) is 1. The fraction of sp³-hybridized carbons (Fsp3) is 0.636. The maximum absolute atomic E-state index is 5.10. The van der Waals surface area contributed by atoms with Gasteiger partial charge in [-0.2, -0.15) is 4.98 Å². The lowest BCUT2D eigenvalue weighted by atomic mass is 10.3. The van der Waals surface area contributed by atoms with Gasteiger partial charge in [0.2, 0.25) is 5.88 Å². The van der Waals surface area contributed by atoms with Gasteiger partial charge in [-0.15, -0.1) is 0 Å². The van der Waals surface area contributed by atoms with Crippen LogP contribution in [0.4, 0.5) is 5.82 Å². The summed E-state index contributed by atoms with van der Waals surface area (Å²) in [6.45, 7) is 4.92. The van der Waals surface area contributed by atoms with Gasteiger partial charge in [0.05, 0.1) is 7.11 Å². The second kappa shape index (κ2) is 5.65. The van der Waals surface area contributed by atoms with E-state index < -0.39 is 0 Å². The molecule has 0 spiro atoms. The van der Waals surface area contributed by atoms with Gasteiger partial charge in [-0.05, 0) is 27.9 Å². The number of rotatable bonds is 5. The van der Waals surface area contributed by atoms with Crippen LogP contribution in [0.25, 0.3) is 0 Å². The van der Waals surface area contributed by atoms with Gasteiger partial charge >= 0.3 is 0 Å². The molecule has 0 amide bonds. The lowest BCUT2D eigenvalue weighted by molar-refractivity contribution is 0.389. The number of aromatic nitrogens is 2. The summed E-state index contributed by atoms with van der Waals surface area (Å²) < 4.78 is 5.10. The number of methoxy groups -OCH3 is 1. The second-order valence-corrected chi connectivity index (χ2v) is 4.15. The maximum Gasteiger partial charge on any atom is 0.218 e. The summed E-state index contributed by atoms with van der Waals surface area (Å²) in [6.07, 6.45) is 0. The Balaban J connectivity index is 2.69. The molecule has 90 valence electrons. The highest BCUT2D eigenvalue weighted by Crippen LogP contribution is 2.13. The van der Waals surface area contributed by atoms with Crippen molar-refractivity contribution in [2.75, 3.05) is 33.1 Å². The minimum atomic E-state index is 0.328. The molecule has 0 bridgehead atoms. The molecule has 1 unspecified atom stereocenters. The van der Waals surface area contributed by atoms with Gasteiger partial charge in [0.1, 0.15) is 11.6 Å². The standard InChI is InChI=1S/C11H20N4O/c1-8(7-15(3)4)12-10-6-11(16-5)14-9(2)13-10/h6,8H,7H2,1-5H3,(H,12,13,14). The van der Waals surface area contributed by atoms with E-state index in [1.807, 2.05) is 21.0 Å². The Morgan fingerprint density at radius 3 is 2.69 bits per heavy atom. The number of likely N-dealkylation sites (N-methyl/N-ethyl adjacent to an activating group) is 1. The van der Waals surface area contributed by atoms with Gasteiger partial charge in [-0.3, -0.25) is 0 Å². The van der Waals surface area contributed by atoms with Crippen LogP contribution in [-0.2, 0) is 0 Å². The largest absolute Gasteiger partial charge is 0.481 e. The van der Waals surface area contributed by atoms with Crippen LogP contribution in [-0.4, -0.2) is 48.7 Å². The lowest BCUT2D eigenvalue weighted by Crippen LogP contribution is -2.30. The molecular weight excluding hydrogens is 204 g/mol. The van der Waals surface area contributed by atoms with Crippen LogP contribution in [0.15, 0.2) is 6.07 Å². The van der Waals surface area contributed by atoms with Gasteiger partial charge in [-0.1, -0.05) is 0 Å². The molecule has 0 aromatic carbocycles. The maximum atomic E-state index is 5.10. The van der Waals surface area contributed by atoms with Crippen LogP contribution < -0.4 is 10.1 Å². The number of hydrogen-bond donors (Lipinski definition) is 1. The zero-order chi connectivity index (χ0) is 12.1. The van der Waals surface area contributed by atoms with Crippen LogP contribution >= 0.6 is 0 Å². The molecule has 5 nitrogen and oxygen atoms in total. The number of aryl methyl sites for hydroxylation is 1. The molecular formula is C11H20N4O. The Morgan fingerprint density at radius 2 is 2.12 bits per heavy atom. The zero-order valence-electron chi connectivity index (χ0n) is 10.6. The van der Waals surface area contributed by atoms with Crippen LogP contribution in [0, 0.1) is 6.92 Å². The fourth-order valence-electron chi connectivity index (χ4n) is 1.56. The highest BCUT2D eigenvalue weighted by Gasteiger charge is 2.06. The predicted octanol–water partition coefficient (Wildman–Crippen LogP) is 1.16. The number of nitrogens with zero attached hydrogens (tertiary/aromatic N) is 3. The van der Waals surface area contributed by atoms with Crippen molar-refractivity contribution in [2.24, 2.45) is 0 Å². The Morgan fingerprint density at radius 1 is 1.44 bits per heavy atom. The predicted molar refractivity (Wildman–Crippen MR) is 65.0 cm³/mol. The van der Waals surface area contributed by atoms with E-state index in [2.05, 4.69) is 27.1 Å². The van der Waals surface area contributed by atoms with Crippen LogP contribution in [0.1, 0.15) is 12.7 Å². The molecule has 0 saturated carbocycles. The first-order valence-electron chi connectivity index (χ1n) is 5.32. The molecule has 1 heterocycles. The molecule has 0 saturated heterocycles. The van der Waals surface area contributed by atoms with E-state index in [1.165, 1.54) is 0 Å². The Kier molecular flexibility index (Phi) is 4.49. The minimum absolute atomic E-state index is 0.328. The molecule has 0 aliphatic heterocycles. The third-order valence-electron chi connectivity index (χ3n) is 2.06. The van der Waals surface area contributed by atoms with E-state index in [1.54, 1.807) is 13.2 Å². The van der Waals surface area contributed by atoms with Gasteiger partial charge in [0.25, 0.3) is 0 Å². The first-order chi connectivity index (χ1) is 7.51. The van der Waals surface area contributed by atoms with Crippen molar-refractivity contribution >= 4 is 5.82 Å². The summed E-state index contributed by atoms with van der Waals surface area (Å²) >= 11 is 0. The lowest BCUT2D eigenvalue weighted by Gasteiger charge is -2.19. The number of anilines is 1. The molecule has 1 rings (SSSR count). The molecule has 0 aliphatic rings. The van der Waals surface area contributed by atoms with Crippen molar-refractivity contribution in [3.63, 3.8) is 0 Å². The minimum Gasteiger partial charge on any atom is -0.481 e. The van der Waals surface area contributed by atoms with Crippen molar-refractivity contribution in [1.29, 1.82) is 0 Å². The Bertz CT molecular complexity index is 341. The molecule has 1 N–H and O–H groups in total. The molecule has 1 aromatic heterocycles. The van der Waals surface area contributed by atoms with Crippen molar-refractivity contribution in [2.45, 2.75) is 19.9 Å². The molecule has 1 aromatic rings. The average Bonchev–Trinajstić information content (AvgIpc) is 2.14. The van der Waals surface area contributed by atoms with E-state index in [9.17, 15) is 0 Å². The van der Waals surface area contributed by atoms with E-state index in [-0.39, 0.29) is 0 Å². The first kappa shape index (κ1) is 12.7. The van der Waals surface area contributed by atoms with E-state index in [0.717, 1.165) is 12.4 Å². The van der Waals surface area contributed by atoms with E-state index in [4.69, 9.17) is 4.74 Å². The third-order valence-corrected chi connectivity index (χ3v) is 2.06. The van der Waals surface area contributed by atoms with Gasteiger partial charge in [0.15, 0.2) is 0 Å². The third kappa shape index (κ3) is 4.02. The summed E-state index contributed by atoms with van der Waals surface area (Å²) in [6, 6.07) is 2.13. The summed E-state index contributed by atoms with van der Waals surface area (Å²) in [5.41, 5.74) is 0. The SMILES string of the molecule is COc1cc(NC(C)CN(C)C)nc(C)n1. The van der Waals surface area contributed by atoms with Crippen molar-refractivity contribution < 1.29 is 4.74 Å². The van der Waals surface area contributed by atoms with Crippen LogP contribution in [0.5, 0.6) is 5.88 Å². The molecule has 0 fully saturated rings. The first-order valence-corrected chi connectivity index (χ1v) is 5.32. The molecule has 16 heavy (non-hydrogen) atoms. The van der Waals surface area contributed by atoms with Gasteiger partial charge in [0, 0.05) is 18.7 Å². The normalized spacial score (nSPS) is 12.6. The summed E-state index contributed by atoms with van der Waals surface area (Å²) in [5.74, 6) is 2.10. The van der Waals surface area contributed by atoms with Crippen LogP contribution in [0.2, 0.25) is 0 Å². The van der Waals surface area contributed by atoms with Gasteiger partial charge < -0.3 is 15.0 Å². The molecule has 5 heteroatoms. The van der Waals surface area contributed by atoms with Crippen molar-refractivity contribution in [3.05, 3.63) is 11.9 Å². The summed E-state index contributed by atoms with van der Waals surface area (Å²) in [5, 5.41) is 3.32. The fourth-order valence-corrected chi connectivity index (χ4v) is 1.56. The molecule has 0 radical (unpaired) electrons. The van der Waals surface area contributed by atoms with Crippen molar-refractivity contribution in [1.82, 2.24) is 14.9 Å². The van der Waals surface area contributed by atoms with Crippen molar-refractivity contribution in [3.8, 4) is 5.88 Å². The monoisotopic (exact) mass is 224 g/mol. The smallest absolute Gasteiger partial charge is 0.218 e.